The van der Waals surface area contributed by atoms with Gasteiger partial charge in [0.15, 0.2) is 0 Å². The van der Waals surface area contributed by atoms with E-state index in [0.717, 1.165) is 35.5 Å². The number of allylic oxidation sites excluding steroid dienone is 8. The van der Waals surface area contributed by atoms with E-state index in [2.05, 4.69) is 17.2 Å². The number of aromatic nitrogens is 1. The van der Waals surface area contributed by atoms with Crippen LogP contribution in [0.5, 0.6) is 0 Å². The second-order valence-electron chi connectivity index (χ2n) is 6.42. The zero-order valence-corrected chi connectivity index (χ0v) is 16.4. The molecule has 0 saturated carbocycles. The first-order valence-electron chi connectivity index (χ1n) is 9.47. The Hall–Kier alpha value is -2.62. The van der Waals surface area contributed by atoms with Crippen LogP contribution < -0.4 is 0 Å². The number of hydrogen-bond donors (Lipinski definition) is 0. The van der Waals surface area contributed by atoms with E-state index in [1.165, 1.54) is 12.2 Å². The fraction of sp³-hybridized carbons (Fsp3) is 0.348. The molecular weight excluding hydrogens is 341 g/mol. The van der Waals surface area contributed by atoms with Gasteiger partial charge in [-0.15, -0.1) is 0 Å². The highest BCUT2D eigenvalue weighted by Gasteiger charge is 2.17. The predicted molar refractivity (Wildman–Crippen MR) is 110 cm³/mol. The molecule has 1 aliphatic carbocycles. The maximum atomic E-state index is 14.0. The van der Waals surface area contributed by atoms with Crippen LogP contribution >= 0.6 is 0 Å². The van der Waals surface area contributed by atoms with Crippen LogP contribution in [0.1, 0.15) is 50.9 Å². The van der Waals surface area contributed by atoms with E-state index >= 15 is 0 Å². The maximum Gasteiger partial charge on any atom is 0.334 e. The minimum Gasteiger partial charge on any atom is -0.463 e. The fourth-order valence-electron chi connectivity index (χ4n) is 3.21. The van der Waals surface area contributed by atoms with Crippen LogP contribution in [0, 0.1) is 6.92 Å². The van der Waals surface area contributed by atoms with Gasteiger partial charge in [0.2, 0.25) is 0 Å². The first-order valence-corrected chi connectivity index (χ1v) is 9.47. The number of esters is 1. The van der Waals surface area contributed by atoms with Gasteiger partial charge in [0.25, 0.3) is 0 Å². The van der Waals surface area contributed by atoms with Crippen molar-refractivity contribution in [2.45, 2.75) is 46.5 Å². The molecule has 0 aliphatic heterocycles. The Bertz CT molecular complexity index is 821. The highest BCUT2D eigenvalue weighted by molar-refractivity contribution is 5.91. The lowest BCUT2D eigenvalue weighted by atomic mass is 10.1. The van der Waals surface area contributed by atoms with Crippen molar-refractivity contribution >= 4 is 17.2 Å². The van der Waals surface area contributed by atoms with Crippen LogP contribution in [0.3, 0.4) is 0 Å². The fourth-order valence-corrected chi connectivity index (χ4v) is 3.21. The summed E-state index contributed by atoms with van der Waals surface area (Å²) in [7, 11) is 0. The van der Waals surface area contributed by atoms with Gasteiger partial charge in [-0.2, -0.15) is 0 Å². The van der Waals surface area contributed by atoms with E-state index in [1.807, 2.05) is 39.0 Å². The summed E-state index contributed by atoms with van der Waals surface area (Å²) in [6.45, 7) is 9.72. The Kier molecular flexibility index (Phi) is 7.59. The normalized spacial score (nSPS) is 15.7. The quantitative estimate of drug-likeness (QED) is 0.427. The molecule has 2 rings (SSSR count). The molecule has 1 aromatic rings. The summed E-state index contributed by atoms with van der Waals surface area (Å²) in [5, 5.41) is 0. The van der Waals surface area contributed by atoms with Crippen molar-refractivity contribution in [2.24, 2.45) is 0 Å². The molecule has 0 unspecified atom stereocenters. The molecular formula is C23H28FNO2. The van der Waals surface area contributed by atoms with E-state index in [9.17, 15) is 9.18 Å². The summed E-state index contributed by atoms with van der Waals surface area (Å²) in [4.78, 5) is 12.2. The number of hydrogen-bond acceptors (Lipinski definition) is 2. The third-order valence-corrected chi connectivity index (χ3v) is 4.50. The second-order valence-corrected chi connectivity index (χ2v) is 6.42. The molecule has 0 bridgehead atoms. The summed E-state index contributed by atoms with van der Waals surface area (Å²) in [6.07, 6.45) is 11.5. The highest BCUT2D eigenvalue weighted by Crippen LogP contribution is 2.29. The topological polar surface area (TPSA) is 31.2 Å². The predicted octanol–water partition coefficient (Wildman–Crippen LogP) is 6.14. The number of rotatable bonds is 7. The van der Waals surface area contributed by atoms with Crippen LogP contribution in [0.4, 0.5) is 4.39 Å². The smallest absolute Gasteiger partial charge is 0.334 e. The van der Waals surface area contributed by atoms with Gasteiger partial charge in [-0.25, -0.2) is 9.18 Å². The SMILES string of the molecule is C=C/C=C(F)\C=C(/CC)c1ccc(C)n1C1=CCCCC(C(=O)OCC)=C1. The molecule has 27 heavy (non-hydrogen) atoms. The third-order valence-electron chi connectivity index (χ3n) is 4.50. The number of nitrogens with zero attached hydrogens (tertiary/aromatic N) is 1. The van der Waals surface area contributed by atoms with Crippen molar-refractivity contribution in [3.63, 3.8) is 0 Å². The number of carbonyl (C=O) groups excluding carboxylic acids is 1. The van der Waals surface area contributed by atoms with E-state index < -0.39 is 0 Å². The summed E-state index contributed by atoms with van der Waals surface area (Å²) >= 11 is 0. The van der Waals surface area contributed by atoms with Crippen LogP contribution in [0.2, 0.25) is 0 Å². The molecule has 144 valence electrons. The van der Waals surface area contributed by atoms with Crippen molar-refractivity contribution in [2.75, 3.05) is 6.61 Å². The van der Waals surface area contributed by atoms with Gasteiger partial charge in [-0.1, -0.05) is 25.7 Å². The van der Waals surface area contributed by atoms with Gasteiger partial charge >= 0.3 is 5.97 Å². The Balaban J connectivity index is 2.52. The highest BCUT2D eigenvalue weighted by atomic mass is 19.1. The van der Waals surface area contributed by atoms with Gasteiger partial charge in [0, 0.05) is 22.7 Å². The first-order chi connectivity index (χ1) is 13.0. The lowest BCUT2D eigenvalue weighted by Crippen LogP contribution is -2.09. The number of aryl methyl sites for hydroxylation is 1. The number of carbonyl (C=O) groups is 1. The van der Waals surface area contributed by atoms with Gasteiger partial charge < -0.3 is 9.30 Å². The molecule has 0 spiro atoms. The van der Waals surface area contributed by atoms with Crippen LogP contribution in [-0.4, -0.2) is 17.1 Å². The van der Waals surface area contributed by atoms with E-state index in [1.54, 1.807) is 6.08 Å². The van der Waals surface area contributed by atoms with E-state index in [-0.39, 0.29) is 11.8 Å². The van der Waals surface area contributed by atoms with Crippen molar-refractivity contribution in [1.29, 1.82) is 0 Å². The minimum atomic E-state index is -0.329. The second kappa shape index (κ2) is 9.91. The monoisotopic (exact) mass is 369 g/mol. The Morgan fingerprint density at radius 3 is 2.81 bits per heavy atom. The zero-order chi connectivity index (χ0) is 19.8. The van der Waals surface area contributed by atoms with Crippen LogP contribution in [0.15, 0.2) is 60.5 Å². The lowest BCUT2D eigenvalue weighted by molar-refractivity contribution is -0.138. The Morgan fingerprint density at radius 1 is 1.37 bits per heavy atom. The molecule has 1 aliphatic rings. The first kappa shape index (κ1) is 20.7. The van der Waals surface area contributed by atoms with E-state index in [0.29, 0.717) is 25.0 Å². The number of ether oxygens (including phenoxy) is 1. The molecule has 3 nitrogen and oxygen atoms in total. The van der Waals surface area contributed by atoms with E-state index in [4.69, 9.17) is 4.74 Å². The molecule has 1 aromatic heterocycles. The summed E-state index contributed by atoms with van der Waals surface area (Å²) in [5.41, 5.74) is 4.45. The van der Waals surface area contributed by atoms with Crippen LogP contribution in [-0.2, 0) is 9.53 Å². The van der Waals surface area contributed by atoms with Gasteiger partial charge in [0.1, 0.15) is 5.83 Å². The third kappa shape index (κ3) is 5.19. The molecule has 0 N–H and O–H groups in total. The molecule has 0 aromatic carbocycles. The average molecular weight is 369 g/mol. The standard InChI is InChI=1S/C23H28FNO2/c1-5-10-20(24)15-18(6-2)22-14-13-17(4)25(22)21-12-9-8-11-19(16-21)23(26)27-7-3/h5,10,12-16H,1,6-9,11H2,2-4H3/b18-15+,20-10+. The van der Waals surface area contributed by atoms with Crippen molar-refractivity contribution < 1.29 is 13.9 Å². The van der Waals surface area contributed by atoms with Crippen molar-refractivity contribution in [3.8, 4) is 0 Å². The van der Waals surface area contributed by atoms with Crippen molar-refractivity contribution in [1.82, 2.24) is 4.57 Å². The summed E-state index contributed by atoms with van der Waals surface area (Å²) in [6, 6.07) is 4.01. The summed E-state index contributed by atoms with van der Waals surface area (Å²) < 4.78 is 21.3. The Morgan fingerprint density at radius 2 is 2.15 bits per heavy atom. The Labute approximate surface area is 161 Å². The molecule has 0 amide bonds. The molecule has 0 atom stereocenters. The van der Waals surface area contributed by atoms with Crippen molar-refractivity contribution in [3.05, 3.63) is 71.9 Å². The maximum absolute atomic E-state index is 14.0. The summed E-state index contributed by atoms with van der Waals surface area (Å²) in [5.74, 6) is -0.590. The molecule has 1 heterocycles. The zero-order valence-electron chi connectivity index (χ0n) is 16.4. The number of halogens is 1. The van der Waals surface area contributed by atoms with Gasteiger partial charge in [-0.05, 0) is 75.5 Å². The molecule has 0 saturated heterocycles. The molecule has 0 radical (unpaired) electrons. The largest absolute Gasteiger partial charge is 0.463 e. The molecule has 0 fully saturated rings. The van der Waals surface area contributed by atoms with Gasteiger partial charge in [0.05, 0.1) is 6.61 Å². The van der Waals surface area contributed by atoms with Gasteiger partial charge in [-0.3, -0.25) is 0 Å². The lowest BCUT2D eigenvalue weighted by Gasteiger charge is -2.15. The average Bonchev–Trinajstić information content (AvgIpc) is 2.87. The molecule has 4 heteroatoms. The minimum absolute atomic E-state index is 0.261. The van der Waals surface area contributed by atoms with Crippen LogP contribution in [0.25, 0.3) is 11.3 Å².